The molecule has 1 aromatic carbocycles. The van der Waals surface area contributed by atoms with E-state index in [1.165, 1.54) is 4.90 Å². The molecule has 6 heteroatoms. The first-order valence-corrected chi connectivity index (χ1v) is 8.06. The molecule has 2 aliphatic rings. The number of carbonyl (C=O) groups excluding carboxylic acids is 1. The largest absolute Gasteiger partial charge is 0.465 e. The summed E-state index contributed by atoms with van der Waals surface area (Å²) in [6.07, 6.45) is 1.19. The van der Waals surface area contributed by atoms with Gasteiger partial charge < -0.3 is 19.6 Å². The Balaban J connectivity index is 1.72. The molecular formula is C17H22N2O4. The van der Waals surface area contributed by atoms with Crippen molar-refractivity contribution in [3.63, 3.8) is 0 Å². The van der Waals surface area contributed by atoms with E-state index in [4.69, 9.17) is 4.74 Å². The van der Waals surface area contributed by atoms with Gasteiger partial charge in [-0.25, -0.2) is 4.79 Å². The fourth-order valence-electron chi connectivity index (χ4n) is 3.56. The van der Waals surface area contributed by atoms with Gasteiger partial charge in [0.2, 0.25) is 5.91 Å². The molecule has 1 N–H and O–H groups in total. The summed E-state index contributed by atoms with van der Waals surface area (Å²) in [7, 11) is 0. The summed E-state index contributed by atoms with van der Waals surface area (Å²) in [4.78, 5) is 27.0. The van der Waals surface area contributed by atoms with E-state index in [2.05, 4.69) is 0 Å². The number of likely N-dealkylation sites (tertiary alicyclic amines) is 1. The van der Waals surface area contributed by atoms with Crippen molar-refractivity contribution in [3.8, 4) is 0 Å². The monoisotopic (exact) mass is 318 g/mol. The van der Waals surface area contributed by atoms with Crippen LogP contribution in [0.3, 0.4) is 0 Å². The molecule has 6 nitrogen and oxygen atoms in total. The average Bonchev–Trinajstić information content (AvgIpc) is 2.56. The number of nitrogens with zero attached hydrogens (tertiary/aromatic N) is 2. The molecule has 2 unspecified atom stereocenters. The lowest BCUT2D eigenvalue weighted by Gasteiger charge is -2.43. The normalized spacial score (nSPS) is 25.5. The summed E-state index contributed by atoms with van der Waals surface area (Å²) in [5, 5.41) is 9.46. The number of morpholine rings is 1. The van der Waals surface area contributed by atoms with Gasteiger partial charge in [-0.1, -0.05) is 30.3 Å². The van der Waals surface area contributed by atoms with Crippen molar-refractivity contribution in [2.75, 3.05) is 26.3 Å². The minimum absolute atomic E-state index is 0.0171. The predicted molar refractivity (Wildman–Crippen MR) is 84.2 cm³/mol. The van der Waals surface area contributed by atoms with Crippen LogP contribution >= 0.6 is 0 Å². The van der Waals surface area contributed by atoms with E-state index in [0.29, 0.717) is 39.0 Å². The van der Waals surface area contributed by atoms with Gasteiger partial charge in [-0.05, 0) is 24.8 Å². The van der Waals surface area contributed by atoms with Crippen LogP contribution < -0.4 is 0 Å². The highest BCUT2D eigenvalue weighted by atomic mass is 16.5. The molecule has 0 aromatic heterocycles. The molecule has 0 bridgehead atoms. The van der Waals surface area contributed by atoms with Crippen molar-refractivity contribution in [2.24, 2.45) is 0 Å². The van der Waals surface area contributed by atoms with Gasteiger partial charge in [-0.15, -0.1) is 0 Å². The maximum absolute atomic E-state index is 12.0. The highest BCUT2D eigenvalue weighted by molar-refractivity contribution is 5.78. The predicted octanol–water partition coefficient (Wildman–Crippen LogP) is 1.60. The van der Waals surface area contributed by atoms with Gasteiger partial charge in [0.1, 0.15) is 6.61 Å². The zero-order valence-electron chi connectivity index (χ0n) is 13.1. The van der Waals surface area contributed by atoms with Gasteiger partial charge in [-0.3, -0.25) is 4.79 Å². The third-order valence-electron chi connectivity index (χ3n) is 4.71. The Labute approximate surface area is 135 Å². The van der Waals surface area contributed by atoms with Crippen LogP contribution in [0.25, 0.3) is 0 Å². The van der Waals surface area contributed by atoms with Gasteiger partial charge in [0.05, 0.1) is 6.61 Å². The average molecular weight is 318 g/mol. The lowest BCUT2D eigenvalue weighted by molar-refractivity contribution is -0.147. The second-order valence-corrected chi connectivity index (χ2v) is 6.14. The Morgan fingerprint density at radius 1 is 1.26 bits per heavy atom. The van der Waals surface area contributed by atoms with Crippen LogP contribution in [0, 0.1) is 0 Å². The zero-order valence-corrected chi connectivity index (χ0v) is 13.1. The summed E-state index contributed by atoms with van der Waals surface area (Å²) >= 11 is 0. The number of amides is 2. The quantitative estimate of drug-likeness (QED) is 0.919. The molecule has 0 spiro atoms. The summed E-state index contributed by atoms with van der Waals surface area (Å²) < 4.78 is 5.19. The highest BCUT2D eigenvalue weighted by Gasteiger charge is 2.36. The number of hydrogen-bond donors (Lipinski definition) is 1. The van der Waals surface area contributed by atoms with E-state index in [9.17, 15) is 14.7 Å². The first kappa shape index (κ1) is 15.8. The molecule has 3 rings (SSSR count). The van der Waals surface area contributed by atoms with E-state index in [1.54, 1.807) is 0 Å². The summed E-state index contributed by atoms with van der Waals surface area (Å²) in [5.41, 5.74) is 1.12. The standard InChI is InChI=1S/C17H22N2O4/c20-16-12-23-9-8-18(16)14-6-7-19(17(21)22)15(11-14)10-13-4-2-1-3-5-13/h1-5,14-15H,6-12H2,(H,21,22). The molecule has 124 valence electrons. The summed E-state index contributed by atoms with van der Waals surface area (Å²) in [6, 6.07) is 9.93. The number of carbonyl (C=O) groups is 2. The topological polar surface area (TPSA) is 70.1 Å². The summed E-state index contributed by atoms with van der Waals surface area (Å²) in [6.45, 7) is 1.79. The fourth-order valence-corrected chi connectivity index (χ4v) is 3.56. The maximum Gasteiger partial charge on any atom is 0.407 e. The molecule has 1 aromatic rings. The van der Waals surface area contributed by atoms with Crippen molar-refractivity contribution in [2.45, 2.75) is 31.3 Å². The van der Waals surface area contributed by atoms with Crippen LogP contribution in [0.15, 0.2) is 30.3 Å². The van der Waals surface area contributed by atoms with Crippen LogP contribution in [0.1, 0.15) is 18.4 Å². The molecule has 23 heavy (non-hydrogen) atoms. The van der Waals surface area contributed by atoms with Crippen molar-refractivity contribution in [1.82, 2.24) is 9.80 Å². The second kappa shape index (κ2) is 7.00. The molecule has 2 saturated heterocycles. The van der Waals surface area contributed by atoms with Gasteiger partial charge in [-0.2, -0.15) is 0 Å². The summed E-state index contributed by atoms with van der Waals surface area (Å²) in [5.74, 6) is 0.0171. The van der Waals surface area contributed by atoms with Gasteiger partial charge in [0.15, 0.2) is 0 Å². The number of benzene rings is 1. The molecular weight excluding hydrogens is 296 g/mol. The van der Waals surface area contributed by atoms with Crippen LogP contribution in [0.5, 0.6) is 0 Å². The molecule has 2 atom stereocenters. The SMILES string of the molecule is O=C(O)N1CCC(N2CCOCC2=O)CC1Cc1ccccc1. The molecule has 0 aliphatic carbocycles. The van der Waals surface area contributed by atoms with Gasteiger partial charge >= 0.3 is 6.09 Å². The van der Waals surface area contributed by atoms with E-state index >= 15 is 0 Å². The molecule has 2 fully saturated rings. The lowest BCUT2D eigenvalue weighted by atomic mass is 9.91. The number of ether oxygens (including phenoxy) is 1. The Morgan fingerprint density at radius 3 is 2.74 bits per heavy atom. The van der Waals surface area contributed by atoms with Gasteiger partial charge in [0, 0.05) is 25.2 Å². The van der Waals surface area contributed by atoms with E-state index in [-0.39, 0.29) is 24.6 Å². The van der Waals surface area contributed by atoms with Crippen LogP contribution in [-0.4, -0.2) is 65.3 Å². The van der Waals surface area contributed by atoms with Crippen molar-refractivity contribution in [3.05, 3.63) is 35.9 Å². The number of hydrogen-bond acceptors (Lipinski definition) is 3. The Kier molecular flexibility index (Phi) is 4.81. The maximum atomic E-state index is 12.0. The molecule has 2 amide bonds. The fraction of sp³-hybridized carbons (Fsp3) is 0.529. The van der Waals surface area contributed by atoms with Crippen molar-refractivity contribution in [1.29, 1.82) is 0 Å². The second-order valence-electron chi connectivity index (χ2n) is 6.14. The zero-order chi connectivity index (χ0) is 16.2. The third kappa shape index (κ3) is 3.64. The van der Waals surface area contributed by atoms with Crippen LogP contribution in [0.4, 0.5) is 4.79 Å². The first-order valence-electron chi connectivity index (χ1n) is 8.06. The smallest absolute Gasteiger partial charge is 0.407 e. The highest BCUT2D eigenvalue weighted by Crippen LogP contribution is 2.25. The minimum Gasteiger partial charge on any atom is -0.465 e. The molecule has 0 saturated carbocycles. The number of piperidine rings is 1. The Morgan fingerprint density at radius 2 is 2.04 bits per heavy atom. The van der Waals surface area contributed by atoms with E-state index in [1.807, 2.05) is 35.2 Å². The van der Waals surface area contributed by atoms with Crippen LogP contribution in [-0.2, 0) is 16.0 Å². The van der Waals surface area contributed by atoms with Crippen LogP contribution in [0.2, 0.25) is 0 Å². The third-order valence-corrected chi connectivity index (χ3v) is 4.71. The number of carboxylic acid groups (broad SMARTS) is 1. The first-order chi connectivity index (χ1) is 11.1. The van der Waals surface area contributed by atoms with Crippen molar-refractivity contribution < 1.29 is 19.4 Å². The van der Waals surface area contributed by atoms with E-state index in [0.717, 1.165) is 5.56 Å². The van der Waals surface area contributed by atoms with Crippen molar-refractivity contribution >= 4 is 12.0 Å². The molecule has 2 heterocycles. The minimum atomic E-state index is -0.877. The van der Waals surface area contributed by atoms with E-state index < -0.39 is 6.09 Å². The Hall–Kier alpha value is -2.08. The van der Waals surface area contributed by atoms with Gasteiger partial charge in [0.25, 0.3) is 0 Å². The molecule has 2 aliphatic heterocycles. The Bertz CT molecular complexity index is 563. The molecule has 0 radical (unpaired) electrons. The lowest BCUT2D eigenvalue weighted by Crippen LogP contribution is -2.56. The number of rotatable bonds is 3.